The van der Waals surface area contributed by atoms with Crippen molar-refractivity contribution in [1.82, 2.24) is 14.8 Å². The summed E-state index contributed by atoms with van der Waals surface area (Å²) in [6, 6.07) is 6.22. The molecule has 3 aliphatic heterocycles. The molecule has 3 aliphatic rings. The Morgan fingerprint density at radius 1 is 1.12 bits per heavy atom. The fourth-order valence-electron chi connectivity index (χ4n) is 4.74. The average molecular weight is 351 g/mol. The van der Waals surface area contributed by atoms with Crippen LogP contribution in [0.1, 0.15) is 31.4 Å². The molecule has 4 heterocycles. The molecule has 1 atom stereocenters. The zero-order chi connectivity index (χ0) is 17.3. The highest BCUT2D eigenvalue weighted by molar-refractivity contribution is 5.08. The number of piperidine rings is 1. The Balaban J connectivity index is 1.46. The second-order valence-electron chi connectivity index (χ2n) is 7.83. The van der Waals surface area contributed by atoms with Gasteiger partial charge in [0.25, 0.3) is 5.92 Å². The van der Waals surface area contributed by atoms with Crippen LogP contribution < -0.4 is 0 Å². The van der Waals surface area contributed by atoms with E-state index in [1.165, 1.54) is 0 Å². The van der Waals surface area contributed by atoms with Crippen LogP contribution in [0, 0.1) is 5.41 Å². The molecule has 0 bridgehead atoms. The molecule has 25 heavy (non-hydrogen) atoms. The highest BCUT2D eigenvalue weighted by Gasteiger charge is 2.59. The highest BCUT2D eigenvalue weighted by Crippen LogP contribution is 2.50. The second kappa shape index (κ2) is 6.89. The van der Waals surface area contributed by atoms with Gasteiger partial charge in [0.15, 0.2) is 0 Å². The quantitative estimate of drug-likeness (QED) is 0.837. The van der Waals surface area contributed by atoms with E-state index >= 15 is 0 Å². The molecule has 1 aromatic heterocycles. The average Bonchev–Trinajstić information content (AvgIpc) is 3.03. The molecule has 0 N–H and O–H groups in total. The van der Waals surface area contributed by atoms with Gasteiger partial charge in [-0.15, -0.1) is 0 Å². The van der Waals surface area contributed by atoms with Crippen molar-refractivity contribution < 1.29 is 13.5 Å². The number of hydrogen-bond acceptors (Lipinski definition) is 4. The first-order chi connectivity index (χ1) is 12.1. The number of aromatic nitrogens is 1. The van der Waals surface area contributed by atoms with Gasteiger partial charge in [-0.1, -0.05) is 6.07 Å². The topological polar surface area (TPSA) is 28.6 Å². The summed E-state index contributed by atoms with van der Waals surface area (Å²) < 4.78 is 35.3. The van der Waals surface area contributed by atoms with Crippen molar-refractivity contribution in [2.45, 2.75) is 44.2 Å². The van der Waals surface area contributed by atoms with Crippen LogP contribution in [0.5, 0.6) is 0 Å². The molecule has 4 rings (SSSR count). The summed E-state index contributed by atoms with van der Waals surface area (Å²) in [7, 11) is 0. The van der Waals surface area contributed by atoms with Crippen molar-refractivity contribution in [3.8, 4) is 0 Å². The first-order valence-corrected chi connectivity index (χ1v) is 9.40. The molecule has 3 fully saturated rings. The summed E-state index contributed by atoms with van der Waals surface area (Å²) >= 11 is 0. The second-order valence-corrected chi connectivity index (χ2v) is 7.83. The first kappa shape index (κ1) is 17.3. The van der Waals surface area contributed by atoms with Crippen LogP contribution in [0.2, 0.25) is 0 Å². The number of likely N-dealkylation sites (tertiary alicyclic amines) is 2. The minimum Gasteiger partial charge on any atom is -0.381 e. The van der Waals surface area contributed by atoms with Gasteiger partial charge in [0, 0.05) is 58.1 Å². The van der Waals surface area contributed by atoms with E-state index in [4.69, 9.17) is 4.74 Å². The Kier molecular flexibility index (Phi) is 4.77. The minimum atomic E-state index is -2.58. The van der Waals surface area contributed by atoms with Crippen LogP contribution >= 0.6 is 0 Å². The molecular weight excluding hydrogens is 324 g/mol. The van der Waals surface area contributed by atoms with Crippen LogP contribution in [0.25, 0.3) is 0 Å². The molecule has 3 saturated heterocycles. The maximum atomic E-state index is 14.9. The molecule has 138 valence electrons. The van der Waals surface area contributed by atoms with Crippen LogP contribution in [0.3, 0.4) is 0 Å². The summed E-state index contributed by atoms with van der Waals surface area (Å²) in [5.74, 6) is -2.58. The number of hydrogen-bond donors (Lipinski definition) is 0. The zero-order valence-corrected chi connectivity index (χ0v) is 14.7. The van der Waals surface area contributed by atoms with Gasteiger partial charge < -0.3 is 4.74 Å². The lowest BCUT2D eigenvalue weighted by atomic mass is 9.75. The third-order valence-corrected chi connectivity index (χ3v) is 6.25. The SMILES string of the molecule is FC1(F)CCN(C2CCOCC2)C[C@]12CCN(Cc1ccccn1)C2. The maximum absolute atomic E-state index is 14.9. The summed E-state index contributed by atoms with van der Waals surface area (Å²) in [5.41, 5.74) is 0.0539. The van der Waals surface area contributed by atoms with Gasteiger partial charge >= 0.3 is 0 Å². The highest BCUT2D eigenvalue weighted by atomic mass is 19.3. The molecular formula is C19H27F2N3O. The normalized spacial score (nSPS) is 31.6. The third-order valence-electron chi connectivity index (χ3n) is 6.25. The van der Waals surface area contributed by atoms with E-state index in [0.29, 0.717) is 38.6 Å². The maximum Gasteiger partial charge on any atom is 0.257 e. The van der Waals surface area contributed by atoms with Crippen LogP contribution in [0.4, 0.5) is 8.78 Å². The van der Waals surface area contributed by atoms with E-state index < -0.39 is 11.3 Å². The number of ether oxygens (including phenoxy) is 1. The molecule has 0 aliphatic carbocycles. The van der Waals surface area contributed by atoms with Crippen LogP contribution in [-0.4, -0.2) is 66.1 Å². The summed E-state index contributed by atoms with van der Waals surface area (Å²) in [5, 5.41) is 0. The van der Waals surface area contributed by atoms with Gasteiger partial charge in [0.1, 0.15) is 0 Å². The zero-order valence-electron chi connectivity index (χ0n) is 14.7. The monoisotopic (exact) mass is 351 g/mol. The molecule has 0 unspecified atom stereocenters. The summed E-state index contributed by atoms with van der Waals surface area (Å²) in [6.07, 6.45) is 4.27. The van der Waals surface area contributed by atoms with E-state index in [2.05, 4.69) is 14.8 Å². The first-order valence-electron chi connectivity index (χ1n) is 9.40. The van der Waals surface area contributed by atoms with Crippen molar-refractivity contribution in [3.05, 3.63) is 30.1 Å². The Bertz CT molecular complexity index is 579. The van der Waals surface area contributed by atoms with Gasteiger partial charge in [0.05, 0.1) is 11.1 Å². The van der Waals surface area contributed by atoms with Gasteiger partial charge in [0.2, 0.25) is 0 Å². The van der Waals surface area contributed by atoms with Crippen molar-refractivity contribution in [2.75, 3.05) is 39.4 Å². The fraction of sp³-hybridized carbons (Fsp3) is 0.737. The van der Waals surface area contributed by atoms with Crippen molar-refractivity contribution in [2.24, 2.45) is 5.41 Å². The van der Waals surface area contributed by atoms with Gasteiger partial charge in [-0.25, -0.2) is 8.78 Å². The molecule has 0 radical (unpaired) electrons. The van der Waals surface area contributed by atoms with E-state index in [1.807, 2.05) is 18.2 Å². The number of rotatable bonds is 3. The predicted octanol–water partition coefficient (Wildman–Crippen LogP) is 2.79. The standard InChI is InChI=1S/C19H27F2N3O/c20-19(21)7-10-24(17-4-11-25-12-5-17)15-18(19)6-9-23(14-18)13-16-3-1-2-8-22-16/h1-3,8,17H,4-7,9-15H2/t18-/m1/s1. The molecule has 4 nitrogen and oxygen atoms in total. The lowest BCUT2D eigenvalue weighted by molar-refractivity contribution is -0.171. The lowest BCUT2D eigenvalue weighted by Gasteiger charge is -2.49. The Morgan fingerprint density at radius 3 is 2.72 bits per heavy atom. The summed E-state index contributed by atoms with van der Waals surface area (Å²) in [4.78, 5) is 8.83. The minimum absolute atomic E-state index is 0.0121. The Labute approximate surface area is 148 Å². The Hall–Kier alpha value is -1.11. The van der Waals surface area contributed by atoms with Crippen molar-refractivity contribution >= 4 is 0 Å². The summed E-state index contributed by atoms with van der Waals surface area (Å²) in [6.45, 7) is 4.41. The number of pyridine rings is 1. The molecule has 0 saturated carbocycles. The predicted molar refractivity (Wildman–Crippen MR) is 91.5 cm³/mol. The number of halogens is 2. The van der Waals surface area contributed by atoms with Crippen LogP contribution in [0.15, 0.2) is 24.4 Å². The van der Waals surface area contributed by atoms with Crippen molar-refractivity contribution in [1.29, 1.82) is 0 Å². The van der Waals surface area contributed by atoms with Crippen molar-refractivity contribution in [3.63, 3.8) is 0 Å². The number of alkyl halides is 2. The smallest absolute Gasteiger partial charge is 0.257 e. The Morgan fingerprint density at radius 2 is 1.96 bits per heavy atom. The van der Waals surface area contributed by atoms with E-state index in [-0.39, 0.29) is 6.42 Å². The van der Waals surface area contributed by atoms with E-state index in [0.717, 1.165) is 38.3 Å². The fourth-order valence-corrected chi connectivity index (χ4v) is 4.74. The molecule has 1 spiro atoms. The van der Waals surface area contributed by atoms with Gasteiger partial charge in [-0.05, 0) is 37.9 Å². The number of nitrogens with zero attached hydrogens (tertiary/aromatic N) is 3. The molecule has 1 aromatic rings. The van der Waals surface area contributed by atoms with Gasteiger partial charge in [-0.2, -0.15) is 0 Å². The third kappa shape index (κ3) is 3.44. The largest absolute Gasteiger partial charge is 0.381 e. The lowest BCUT2D eigenvalue weighted by Crippen LogP contribution is -2.59. The molecule has 0 aromatic carbocycles. The van der Waals surface area contributed by atoms with Crippen LogP contribution in [-0.2, 0) is 11.3 Å². The molecule has 6 heteroatoms. The van der Waals surface area contributed by atoms with E-state index in [1.54, 1.807) is 6.20 Å². The molecule has 0 amide bonds. The van der Waals surface area contributed by atoms with E-state index in [9.17, 15) is 8.78 Å². The van der Waals surface area contributed by atoms with Gasteiger partial charge in [-0.3, -0.25) is 14.8 Å².